The van der Waals surface area contributed by atoms with Crippen molar-refractivity contribution in [1.29, 1.82) is 0 Å². The van der Waals surface area contributed by atoms with Gasteiger partial charge in [-0.15, -0.1) is 0 Å². The minimum atomic E-state index is -0.798. The Labute approximate surface area is 204 Å². The van der Waals surface area contributed by atoms with E-state index in [1.165, 1.54) is 0 Å². The first-order valence-corrected chi connectivity index (χ1v) is 13.1. The molecule has 1 unspecified atom stereocenters. The maximum absolute atomic E-state index is 13.4. The van der Waals surface area contributed by atoms with Crippen LogP contribution in [-0.4, -0.2) is 49.9 Å². The van der Waals surface area contributed by atoms with Crippen LogP contribution in [0.15, 0.2) is 24.3 Å². The lowest BCUT2D eigenvalue weighted by atomic mass is 9.63. The van der Waals surface area contributed by atoms with Crippen molar-refractivity contribution < 1.29 is 23.8 Å². The van der Waals surface area contributed by atoms with Crippen LogP contribution in [-0.2, 0) is 20.7 Å². The Hall–Kier alpha value is -2.24. The molecule has 2 saturated carbocycles. The summed E-state index contributed by atoms with van der Waals surface area (Å²) in [5.74, 6) is 2.82. The Balaban J connectivity index is 1.51. The minimum absolute atomic E-state index is 0.00744. The normalized spacial score (nSPS) is 33.2. The Bertz CT molecular complexity index is 842. The second kappa shape index (κ2) is 10.6. The van der Waals surface area contributed by atoms with Crippen LogP contribution in [0.2, 0.25) is 0 Å². The van der Waals surface area contributed by atoms with Crippen molar-refractivity contribution in [3.05, 3.63) is 29.8 Å². The largest absolute Gasteiger partial charge is 0.496 e. The molecule has 188 valence electrons. The van der Waals surface area contributed by atoms with Gasteiger partial charge >= 0.3 is 12.1 Å². The van der Waals surface area contributed by atoms with Gasteiger partial charge in [0.15, 0.2) is 0 Å². The van der Waals surface area contributed by atoms with Crippen LogP contribution >= 0.6 is 0 Å². The van der Waals surface area contributed by atoms with Crippen LogP contribution in [0.1, 0.15) is 64.9 Å². The highest BCUT2D eigenvalue weighted by molar-refractivity contribution is 5.79. The number of fused-ring (bicyclic) bond motifs is 2. The second-order valence-corrected chi connectivity index (χ2v) is 11.0. The fraction of sp³-hybridized carbons (Fsp3) is 0.714. The molecular formula is C28H41NO5. The number of nitrogens with zero attached hydrogens (tertiary/aromatic N) is 1. The molecule has 6 heteroatoms. The molecule has 1 aromatic rings. The SMILES string of the molecule is CCOC(=O)C1(Cc2ccccc2OC)CCCN(C(=O)OC2C3CC(C)CC2CC(C)C3)C1. The van der Waals surface area contributed by atoms with Gasteiger partial charge in [0.05, 0.1) is 19.1 Å². The summed E-state index contributed by atoms with van der Waals surface area (Å²) in [5.41, 5.74) is 0.158. The standard InChI is InChI=1S/C28H41NO5/c1-5-33-26(30)28(17-21-9-6-7-10-24(21)32-4)11-8-12-29(18-28)27(31)34-25-22-13-19(2)14-23(25)16-20(3)15-22/h6-7,9-10,19-20,22-23,25H,5,8,11-18H2,1-4H3. The van der Waals surface area contributed by atoms with Crippen molar-refractivity contribution in [2.45, 2.75) is 71.8 Å². The fourth-order valence-electron chi connectivity index (χ4n) is 6.93. The summed E-state index contributed by atoms with van der Waals surface area (Å²) in [6.07, 6.45) is 6.19. The molecule has 1 amide bonds. The molecular weight excluding hydrogens is 430 g/mol. The Kier molecular flexibility index (Phi) is 7.73. The number of ether oxygens (including phenoxy) is 3. The molecule has 0 spiro atoms. The third-order valence-corrected chi connectivity index (χ3v) is 8.25. The molecule has 1 aliphatic heterocycles. The number of amides is 1. The van der Waals surface area contributed by atoms with E-state index in [1.54, 1.807) is 12.0 Å². The summed E-state index contributed by atoms with van der Waals surface area (Å²) < 4.78 is 17.3. The van der Waals surface area contributed by atoms with Gasteiger partial charge in [-0.2, -0.15) is 0 Å². The van der Waals surface area contributed by atoms with E-state index in [4.69, 9.17) is 14.2 Å². The summed E-state index contributed by atoms with van der Waals surface area (Å²) in [4.78, 5) is 28.5. The summed E-state index contributed by atoms with van der Waals surface area (Å²) in [6.45, 7) is 7.72. The fourth-order valence-corrected chi connectivity index (χ4v) is 6.93. The van der Waals surface area contributed by atoms with Gasteiger partial charge in [-0.25, -0.2) is 4.79 Å². The van der Waals surface area contributed by atoms with Gasteiger partial charge in [0.2, 0.25) is 0 Å². The zero-order valence-corrected chi connectivity index (χ0v) is 21.3. The van der Waals surface area contributed by atoms with E-state index in [0.29, 0.717) is 56.2 Å². The van der Waals surface area contributed by atoms with Crippen molar-refractivity contribution in [2.75, 3.05) is 26.8 Å². The van der Waals surface area contributed by atoms with Crippen molar-refractivity contribution >= 4 is 12.1 Å². The minimum Gasteiger partial charge on any atom is -0.496 e. The zero-order chi connectivity index (χ0) is 24.3. The first-order chi connectivity index (χ1) is 16.3. The maximum atomic E-state index is 13.4. The second-order valence-electron chi connectivity index (χ2n) is 11.0. The average Bonchev–Trinajstić information content (AvgIpc) is 2.80. The summed E-state index contributed by atoms with van der Waals surface area (Å²) in [7, 11) is 1.64. The molecule has 2 aliphatic carbocycles. The van der Waals surface area contributed by atoms with Gasteiger partial charge in [0, 0.05) is 13.1 Å². The summed E-state index contributed by atoms with van der Waals surface area (Å²) >= 11 is 0. The van der Waals surface area contributed by atoms with Gasteiger partial charge in [-0.1, -0.05) is 32.0 Å². The number of rotatable bonds is 6. The number of benzene rings is 1. The van der Waals surface area contributed by atoms with Gasteiger partial charge < -0.3 is 19.1 Å². The van der Waals surface area contributed by atoms with Crippen molar-refractivity contribution in [3.8, 4) is 5.75 Å². The quantitative estimate of drug-likeness (QED) is 0.514. The van der Waals surface area contributed by atoms with Gasteiger partial charge in [-0.3, -0.25) is 4.79 Å². The van der Waals surface area contributed by atoms with Gasteiger partial charge in [-0.05, 0) is 87.2 Å². The molecule has 1 aromatic carbocycles. The number of hydrogen-bond donors (Lipinski definition) is 0. The molecule has 0 N–H and O–H groups in total. The van der Waals surface area contributed by atoms with E-state index >= 15 is 0 Å². The highest BCUT2D eigenvalue weighted by atomic mass is 16.6. The smallest absolute Gasteiger partial charge is 0.410 e. The van der Waals surface area contributed by atoms with E-state index in [-0.39, 0.29) is 18.2 Å². The van der Waals surface area contributed by atoms with Crippen molar-refractivity contribution in [1.82, 2.24) is 4.90 Å². The third kappa shape index (κ3) is 5.21. The van der Waals surface area contributed by atoms with Crippen molar-refractivity contribution in [2.24, 2.45) is 29.1 Å². The predicted molar refractivity (Wildman–Crippen MR) is 131 cm³/mol. The number of hydrogen-bond acceptors (Lipinski definition) is 5. The van der Waals surface area contributed by atoms with E-state index in [1.807, 2.05) is 31.2 Å². The van der Waals surface area contributed by atoms with Crippen LogP contribution < -0.4 is 4.74 Å². The lowest BCUT2D eigenvalue weighted by Gasteiger charge is -2.47. The molecule has 3 aliphatic rings. The molecule has 0 aromatic heterocycles. The lowest BCUT2D eigenvalue weighted by molar-refractivity contribution is -0.159. The number of carbonyl (C=O) groups is 2. The first kappa shape index (κ1) is 24.9. The van der Waals surface area contributed by atoms with E-state index < -0.39 is 5.41 Å². The Morgan fingerprint density at radius 3 is 2.32 bits per heavy atom. The monoisotopic (exact) mass is 471 g/mol. The van der Waals surface area contributed by atoms with Crippen LogP contribution in [0.4, 0.5) is 4.79 Å². The van der Waals surface area contributed by atoms with Crippen LogP contribution in [0.5, 0.6) is 5.75 Å². The Morgan fingerprint density at radius 1 is 1.06 bits per heavy atom. The molecule has 1 atom stereocenters. The van der Waals surface area contributed by atoms with Crippen LogP contribution in [0, 0.1) is 29.1 Å². The van der Waals surface area contributed by atoms with Gasteiger partial charge in [0.25, 0.3) is 0 Å². The van der Waals surface area contributed by atoms with Crippen LogP contribution in [0.25, 0.3) is 0 Å². The number of piperidine rings is 1. The number of likely N-dealkylation sites (tertiary alicyclic amines) is 1. The molecule has 1 heterocycles. The van der Waals surface area contributed by atoms with E-state index in [0.717, 1.165) is 43.4 Å². The topological polar surface area (TPSA) is 65.1 Å². The lowest BCUT2D eigenvalue weighted by Crippen LogP contribution is -2.53. The van der Waals surface area contributed by atoms with Gasteiger partial charge in [0.1, 0.15) is 11.9 Å². The number of esters is 1. The third-order valence-electron chi connectivity index (χ3n) is 8.25. The summed E-state index contributed by atoms with van der Waals surface area (Å²) in [6, 6.07) is 7.78. The first-order valence-electron chi connectivity index (χ1n) is 13.1. The molecule has 0 radical (unpaired) electrons. The molecule has 3 fully saturated rings. The molecule has 4 rings (SSSR count). The number of methoxy groups -OCH3 is 1. The Morgan fingerprint density at radius 2 is 1.71 bits per heavy atom. The number of para-hydroxylation sites is 1. The molecule has 1 saturated heterocycles. The highest BCUT2D eigenvalue weighted by Crippen LogP contribution is 2.47. The molecule has 34 heavy (non-hydrogen) atoms. The van der Waals surface area contributed by atoms with Crippen molar-refractivity contribution in [3.63, 3.8) is 0 Å². The molecule has 6 nitrogen and oxygen atoms in total. The zero-order valence-electron chi connectivity index (χ0n) is 21.3. The predicted octanol–water partition coefficient (Wildman–Crippen LogP) is 5.48. The molecule has 2 bridgehead atoms. The van der Waals surface area contributed by atoms with E-state index in [9.17, 15) is 9.59 Å². The van der Waals surface area contributed by atoms with Crippen LogP contribution in [0.3, 0.4) is 0 Å². The van der Waals surface area contributed by atoms with E-state index in [2.05, 4.69) is 13.8 Å². The summed E-state index contributed by atoms with van der Waals surface area (Å²) in [5, 5.41) is 0. The number of carbonyl (C=O) groups excluding carboxylic acids is 2. The highest BCUT2D eigenvalue weighted by Gasteiger charge is 2.48. The average molecular weight is 472 g/mol. The maximum Gasteiger partial charge on any atom is 0.410 e.